The molecule has 0 radical (unpaired) electrons. The van der Waals surface area contributed by atoms with Crippen molar-refractivity contribution in [3.63, 3.8) is 0 Å². The second-order valence-corrected chi connectivity index (χ2v) is 6.97. The molecule has 0 bridgehead atoms. The van der Waals surface area contributed by atoms with Gasteiger partial charge in [-0.05, 0) is 45.0 Å². The maximum absolute atomic E-state index is 12.3. The molecule has 0 saturated heterocycles. The van der Waals surface area contributed by atoms with Crippen molar-refractivity contribution in [1.29, 1.82) is 0 Å². The van der Waals surface area contributed by atoms with Gasteiger partial charge in [-0.3, -0.25) is 0 Å². The summed E-state index contributed by atoms with van der Waals surface area (Å²) in [5.74, 6) is 0. The van der Waals surface area contributed by atoms with Gasteiger partial charge in [0.05, 0.1) is 11.5 Å². The van der Waals surface area contributed by atoms with E-state index >= 15 is 0 Å². The number of benzene rings is 1. The Morgan fingerprint density at radius 2 is 2.00 bits per heavy atom. The highest BCUT2D eigenvalue weighted by Gasteiger charge is 2.17. The molecule has 1 rings (SSSR count). The minimum atomic E-state index is -3.53. The van der Waals surface area contributed by atoms with E-state index in [9.17, 15) is 8.42 Å². The van der Waals surface area contributed by atoms with Crippen LogP contribution in [0, 0.1) is 6.92 Å². The van der Waals surface area contributed by atoms with Crippen molar-refractivity contribution >= 4 is 10.0 Å². The maximum Gasteiger partial charge on any atom is 0.240 e. The number of sulfonamides is 1. The van der Waals surface area contributed by atoms with Crippen LogP contribution in [0.2, 0.25) is 0 Å². The number of likely N-dealkylation sites (N-methyl/N-ethyl adjacent to an activating group) is 1. The summed E-state index contributed by atoms with van der Waals surface area (Å²) >= 11 is 0. The van der Waals surface area contributed by atoms with Gasteiger partial charge in [0.2, 0.25) is 10.0 Å². The summed E-state index contributed by atoms with van der Waals surface area (Å²) in [5.41, 5.74) is 1.27. The molecule has 0 aliphatic heterocycles. The summed E-state index contributed by atoms with van der Waals surface area (Å²) in [6.07, 6.45) is 0. The Morgan fingerprint density at radius 3 is 2.55 bits per heavy atom. The predicted octanol–water partition coefficient (Wildman–Crippen LogP) is 1.11. The summed E-state index contributed by atoms with van der Waals surface area (Å²) in [7, 11) is -1.58. The predicted molar refractivity (Wildman–Crippen MR) is 80.1 cm³/mol. The molecule has 0 atom stereocenters. The Morgan fingerprint density at radius 1 is 1.35 bits per heavy atom. The number of rotatable bonds is 7. The van der Waals surface area contributed by atoms with Crippen LogP contribution in [0.25, 0.3) is 0 Å². The standard InChI is InChI=1S/C14H24N2O3S/c1-11(2)16(4)8-7-15-20(18,19)14-9-13(10-17)6-5-12(14)3/h5-6,9,11,15,17H,7-8,10H2,1-4H3. The molecule has 0 amide bonds. The number of nitrogens with zero attached hydrogens (tertiary/aromatic N) is 1. The first-order chi connectivity index (χ1) is 9.27. The van der Waals surface area contributed by atoms with E-state index in [4.69, 9.17) is 5.11 Å². The molecular weight excluding hydrogens is 276 g/mol. The molecule has 114 valence electrons. The normalized spacial score (nSPS) is 12.3. The van der Waals surface area contributed by atoms with E-state index in [1.807, 2.05) is 7.05 Å². The van der Waals surface area contributed by atoms with Crippen LogP contribution in [-0.4, -0.2) is 44.6 Å². The van der Waals surface area contributed by atoms with E-state index in [0.717, 1.165) is 0 Å². The molecule has 5 nitrogen and oxygen atoms in total. The Hall–Kier alpha value is -0.950. The quantitative estimate of drug-likeness (QED) is 0.791. The second kappa shape index (κ2) is 7.17. The third kappa shape index (κ3) is 4.56. The number of aliphatic hydroxyl groups excluding tert-OH is 1. The molecule has 1 aromatic rings. The molecule has 0 aliphatic rings. The zero-order valence-corrected chi connectivity index (χ0v) is 13.4. The van der Waals surface area contributed by atoms with Crippen molar-refractivity contribution < 1.29 is 13.5 Å². The highest BCUT2D eigenvalue weighted by molar-refractivity contribution is 7.89. The molecule has 0 spiro atoms. The van der Waals surface area contributed by atoms with Gasteiger partial charge in [-0.1, -0.05) is 12.1 Å². The molecule has 0 heterocycles. The van der Waals surface area contributed by atoms with Gasteiger partial charge in [0.1, 0.15) is 0 Å². The molecule has 20 heavy (non-hydrogen) atoms. The number of hydrogen-bond donors (Lipinski definition) is 2. The molecule has 1 aromatic carbocycles. The Labute approximate surface area is 121 Å². The van der Waals surface area contributed by atoms with Crippen LogP contribution in [0.5, 0.6) is 0 Å². The monoisotopic (exact) mass is 300 g/mol. The zero-order chi connectivity index (χ0) is 15.3. The van der Waals surface area contributed by atoms with Crippen LogP contribution < -0.4 is 4.72 Å². The third-order valence-corrected chi connectivity index (χ3v) is 4.97. The van der Waals surface area contributed by atoms with Crippen molar-refractivity contribution in [3.8, 4) is 0 Å². The number of hydrogen-bond acceptors (Lipinski definition) is 4. The molecule has 0 aliphatic carbocycles. The van der Waals surface area contributed by atoms with Gasteiger partial charge in [-0.2, -0.15) is 0 Å². The van der Waals surface area contributed by atoms with Crippen LogP contribution >= 0.6 is 0 Å². The lowest BCUT2D eigenvalue weighted by atomic mass is 10.2. The van der Waals surface area contributed by atoms with Gasteiger partial charge < -0.3 is 10.0 Å². The highest BCUT2D eigenvalue weighted by atomic mass is 32.2. The fourth-order valence-electron chi connectivity index (χ4n) is 1.72. The van der Waals surface area contributed by atoms with Crippen LogP contribution in [-0.2, 0) is 16.6 Å². The van der Waals surface area contributed by atoms with Crippen LogP contribution in [0.1, 0.15) is 25.0 Å². The maximum atomic E-state index is 12.3. The molecular formula is C14H24N2O3S. The SMILES string of the molecule is Cc1ccc(CO)cc1S(=O)(=O)NCCN(C)C(C)C. The van der Waals surface area contributed by atoms with Crippen LogP contribution in [0.3, 0.4) is 0 Å². The Bertz CT molecular complexity index is 541. The molecule has 6 heteroatoms. The van der Waals surface area contributed by atoms with E-state index in [2.05, 4.69) is 23.5 Å². The number of aliphatic hydroxyl groups is 1. The molecule has 0 aromatic heterocycles. The lowest BCUT2D eigenvalue weighted by molar-refractivity contribution is 0.278. The van der Waals surface area contributed by atoms with Gasteiger partial charge in [-0.25, -0.2) is 13.1 Å². The fraction of sp³-hybridized carbons (Fsp3) is 0.571. The fourth-order valence-corrected chi connectivity index (χ4v) is 3.04. The summed E-state index contributed by atoms with van der Waals surface area (Å²) in [4.78, 5) is 2.30. The first-order valence-electron chi connectivity index (χ1n) is 6.68. The average Bonchev–Trinajstić information content (AvgIpc) is 2.38. The second-order valence-electron chi connectivity index (χ2n) is 5.23. The summed E-state index contributed by atoms with van der Waals surface area (Å²) < 4.78 is 27.1. The van der Waals surface area contributed by atoms with Crippen molar-refractivity contribution in [1.82, 2.24) is 9.62 Å². The van der Waals surface area contributed by atoms with Crippen molar-refractivity contribution in [2.24, 2.45) is 0 Å². The van der Waals surface area contributed by atoms with Crippen molar-refractivity contribution in [2.45, 2.75) is 38.3 Å². The Kier molecular flexibility index (Phi) is 6.13. The third-order valence-electron chi connectivity index (χ3n) is 3.36. The zero-order valence-electron chi connectivity index (χ0n) is 12.5. The molecule has 0 saturated carbocycles. The number of aryl methyl sites for hydroxylation is 1. The number of nitrogens with one attached hydrogen (secondary N) is 1. The smallest absolute Gasteiger partial charge is 0.240 e. The van der Waals surface area contributed by atoms with E-state index in [1.54, 1.807) is 19.1 Å². The van der Waals surface area contributed by atoms with Crippen LogP contribution in [0.4, 0.5) is 0 Å². The lowest BCUT2D eigenvalue weighted by Gasteiger charge is -2.21. The molecule has 2 N–H and O–H groups in total. The average molecular weight is 300 g/mol. The first kappa shape index (κ1) is 17.1. The first-order valence-corrected chi connectivity index (χ1v) is 8.16. The van der Waals surface area contributed by atoms with Crippen LogP contribution in [0.15, 0.2) is 23.1 Å². The lowest BCUT2D eigenvalue weighted by Crippen LogP contribution is -2.36. The van der Waals surface area contributed by atoms with Crippen molar-refractivity contribution in [3.05, 3.63) is 29.3 Å². The highest BCUT2D eigenvalue weighted by Crippen LogP contribution is 2.16. The van der Waals surface area contributed by atoms with E-state index in [1.165, 1.54) is 6.07 Å². The van der Waals surface area contributed by atoms with E-state index < -0.39 is 10.0 Å². The van der Waals surface area contributed by atoms with Gasteiger partial charge in [0.25, 0.3) is 0 Å². The largest absolute Gasteiger partial charge is 0.392 e. The Balaban J connectivity index is 2.79. The van der Waals surface area contributed by atoms with Gasteiger partial charge >= 0.3 is 0 Å². The summed E-state index contributed by atoms with van der Waals surface area (Å²) in [6.45, 7) is 6.71. The molecule has 0 fully saturated rings. The van der Waals surface area contributed by atoms with Gasteiger partial charge in [0.15, 0.2) is 0 Å². The topological polar surface area (TPSA) is 69.6 Å². The molecule has 0 unspecified atom stereocenters. The van der Waals surface area contributed by atoms with E-state index in [0.29, 0.717) is 30.3 Å². The minimum absolute atomic E-state index is 0.168. The van der Waals surface area contributed by atoms with Gasteiger partial charge in [0, 0.05) is 19.1 Å². The van der Waals surface area contributed by atoms with Crippen molar-refractivity contribution in [2.75, 3.05) is 20.1 Å². The van der Waals surface area contributed by atoms with E-state index in [-0.39, 0.29) is 11.5 Å². The summed E-state index contributed by atoms with van der Waals surface area (Å²) in [5, 5.41) is 9.11. The minimum Gasteiger partial charge on any atom is -0.392 e. The summed E-state index contributed by atoms with van der Waals surface area (Å²) in [6, 6.07) is 5.32. The van der Waals surface area contributed by atoms with Gasteiger partial charge in [-0.15, -0.1) is 0 Å².